The van der Waals surface area contributed by atoms with E-state index in [1.165, 1.54) is 11.3 Å². The van der Waals surface area contributed by atoms with Crippen LogP contribution in [0.2, 0.25) is 0 Å². The number of aryl methyl sites for hydroxylation is 1. The van der Waals surface area contributed by atoms with Gasteiger partial charge in [0, 0.05) is 23.9 Å². The molecule has 1 heterocycles. The summed E-state index contributed by atoms with van der Waals surface area (Å²) in [7, 11) is 0. The highest BCUT2D eigenvalue weighted by molar-refractivity contribution is 5.33. The van der Waals surface area contributed by atoms with Crippen molar-refractivity contribution in [1.82, 2.24) is 4.57 Å². The summed E-state index contributed by atoms with van der Waals surface area (Å²) in [5.74, 6) is 0.806. The van der Waals surface area contributed by atoms with Crippen LogP contribution in [0.5, 0.6) is 5.75 Å². The van der Waals surface area contributed by atoms with Gasteiger partial charge in [-0.15, -0.1) is 0 Å². The standard InChI is InChI=1S/C17H20N2O2/c18-12-14-4-1-2-7-16(14)21-11-10-19-15-6-3-5-13(15)8-9-17(19)20/h1-2,4,7-9H,3,5-6,10-12,18H2. The minimum absolute atomic E-state index is 0.0614. The van der Waals surface area contributed by atoms with E-state index in [2.05, 4.69) is 0 Å². The Kier molecular flexibility index (Phi) is 4.06. The van der Waals surface area contributed by atoms with Gasteiger partial charge in [0.25, 0.3) is 5.56 Å². The van der Waals surface area contributed by atoms with Crippen LogP contribution in [0.15, 0.2) is 41.2 Å². The maximum Gasteiger partial charge on any atom is 0.250 e. The number of fused-ring (bicyclic) bond motifs is 1. The number of benzene rings is 1. The number of ether oxygens (including phenoxy) is 1. The zero-order valence-electron chi connectivity index (χ0n) is 12.0. The van der Waals surface area contributed by atoms with Gasteiger partial charge in [-0.05, 0) is 30.9 Å². The molecular formula is C17H20N2O2. The third-order valence-electron chi connectivity index (χ3n) is 4.01. The lowest BCUT2D eigenvalue weighted by Gasteiger charge is -2.14. The van der Waals surface area contributed by atoms with Crippen molar-refractivity contribution < 1.29 is 4.74 Å². The molecule has 1 aromatic carbocycles. The van der Waals surface area contributed by atoms with Gasteiger partial charge in [-0.1, -0.05) is 24.3 Å². The van der Waals surface area contributed by atoms with Gasteiger partial charge in [0.2, 0.25) is 0 Å². The molecule has 0 bridgehead atoms. The van der Waals surface area contributed by atoms with Crippen molar-refractivity contribution in [1.29, 1.82) is 0 Å². The van der Waals surface area contributed by atoms with E-state index in [4.69, 9.17) is 10.5 Å². The lowest BCUT2D eigenvalue weighted by Crippen LogP contribution is -2.25. The van der Waals surface area contributed by atoms with E-state index in [1.54, 1.807) is 6.07 Å². The molecule has 0 atom stereocenters. The van der Waals surface area contributed by atoms with E-state index in [9.17, 15) is 4.79 Å². The smallest absolute Gasteiger partial charge is 0.250 e. The molecule has 0 saturated heterocycles. The topological polar surface area (TPSA) is 57.2 Å². The summed E-state index contributed by atoms with van der Waals surface area (Å²) in [4.78, 5) is 12.0. The molecule has 1 aliphatic carbocycles. The third kappa shape index (κ3) is 2.85. The van der Waals surface area contributed by atoms with E-state index < -0.39 is 0 Å². The van der Waals surface area contributed by atoms with E-state index in [0.29, 0.717) is 19.7 Å². The average molecular weight is 284 g/mol. The molecule has 110 valence electrons. The van der Waals surface area contributed by atoms with Crippen molar-refractivity contribution in [3.8, 4) is 5.75 Å². The number of nitrogens with zero attached hydrogens (tertiary/aromatic N) is 1. The Morgan fingerprint density at radius 3 is 2.86 bits per heavy atom. The molecule has 4 heteroatoms. The number of aromatic nitrogens is 1. The SMILES string of the molecule is NCc1ccccc1OCCn1c2c(ccc1=O)CCC2. The summed E-state index contributed by atoms with van der Waals surface area (Å²) in [5, 5.41) is 0. The van der Waals surface area contributed by atoms with Gasteiger partial charge >= 0.3 is 0 Å². The Hall–Kier alpha value is -2.07. The molecule has 1 aromatic heterocycles. The monoisotopic (exact) mass is 284 g/mol. The maximum absolute atomic E-state index is 12.0. The fraction of sp³-hybridized carbons (Fsp3) is 0.353. The van der Waals surface area contributed by atoms with Gasteiger partial charge in [-0.2, -0.15) is 0 Å². The maximum atomic E-state index is 12.0. The van der Waals surface area contributed by atoms with Crippen LogP contribution in [0.25, 0.3) is 0 Å². The molecule has 3 rings (SSSR count). The first kappa shape index (κ1) is 13.9. The quantitative estimate of drug-likeness (QED) is 0.912. The molecule has 0 unspecified atom stereocenters. The van der Waals surface area contributed by atoms with Crippen LogP contribution in [0.4, 0.5) is 0 Å². The average Bonchev–Trinajstić information content (AvgIpc) is 2.98. The van der Waals surface area contributed by atoms with E-state index >= 15 is 0 Å². The fourth-order valence-corrected chi connectivity index (χ4v) is 2.94. The van der Waals surface area contributed by atoms with E-state index in [0.717, 1.165) is 30.6 Å². The Labute approximate surface area is 124 Å². The molecule has 0 saturated carbocycles. The number of rotatable bonds is 5. The van der Waals surface area contributed by atoms with Gasteiger partial charge < -0.3 is 15.0 Å². The predicted octanol–water partition coefficient (Wildman–Crippen LogP) is 1.87. The van der Waals surface area contributed by atoms with Crippen molar-refractivity contribution in [2.45, 2.75) is 32.4 Å². The molecule has 2 aromatic rings. The Bertz CT molecular complexity index is 691. The van der Waals surface area contributed by atoms with Gasteiger partial charge in [-0.25, -0.2) is 0 Å². The minimum atomic E-state index is 0.0614. The molecule has 2 N–H and O–H groups in total. The van der Waals surface area contributed by atoms with Gasteiger partial charge in [0.1, 0.15) is 12.4 Å². The third-order valence-corrected chi connectivity index (χ3v) is 4.01. The highest BCUT2D eigenvalue weighted by Crippen LogP contribution is 2.20. The number of nitrogens with two attached hydrogens (primary N) is 1. The molecule has 1 aliphatic rings. The zero-order valence-corrected chi connectivity index (χ0v) is 12.0. The van der Waals surface area contributed by atoms with Crippen molar-refractivity contribution in [3.63, 3.8) is 0 Å². The van der Waals surface area contributed by atoms with Crippen molar-refractivity contribution >= 4 is 0 Å². The van der Waals surface area contributed by atoms with Gasteiger partial charge in [0.15, 0.2) is 0 Å². The summed E-state index contributed by atoms with van der Waals surface area (Å²) >= 11 is 0. The molecular weight excluding hydrogens is 264 g/mol. The number of pyridine rings is 1. The molecule has 4 nitrogen and oxygen atoms in total. The van der Waals surface area contributed by atoms with Crippen LogP contribution in [-0.4, -0.2) is 11.2 Å². The molecule has 0 fully saturated rings. The van der Waals surface area contributed by atoms with E-state index in [1.807, 2.05) is 34.9 Å². The van der Waals surface area contributed by atoms with E-state index in [-0.39, 0.29) is 5.56 Å². The van der Waals surface area contributed by atoms with Crippen molar-refractivity contribution in [2.24, 2.45) is 5.73 Å². The highest BCUT2D eigenvalue weighted by atomic mass is 16.5. The highest BCUT2D eigenvalue weighted by Gasteiger charge is 2.15. The number of para-hydroxylation sites is 1. The molecule has 0 amide bonds. The lowest BCUT2D eigenvalue weighted by molar-refractivity contribution is 0.292. The lowest BCUT2D eigenvalue weighted by atomic mass is 10.2. The van der Waals surface area contributed by atoms with Crippen LogP contribution in [0, 0.1) is 0 Å². The van der Waals surface area contributed by atoms with Gasteiger partial charge in [-0.3, -0.25) is 4.79 Å². The second-order valence-corrected chi connectivity index (χ2v) is 5.31. The molecule has 21 heavy (non-hydrogen) atoms. The number of hydrogen-bond donors (Lipinski definition) is 1. The largest absolute Gasteiger partial charge is 0.491 e. The number of hydrogen-bond acceptors (Lipinski definition) is 3. The first-order valence-corrected chi connectivity index (χ1v) is 7.42. The minimum Gasteiger partial charge on any atom is -0.491 e. The van der Waals surface area contributed by atoms with Crippen LogP contribution >= 0.6 is 0 Å². The molecule has 0 aliphatic heterocycles. The Morgan fingerprint density at radius 2 is 2.00 bits per heavy atom. The van der Waals surface area contributed by atoms with Crippen molar-refractivity contribution in [3.05, 3.63) is 63.6 Å². The van der Waals surface area contributed by atoms with Crippen molar-refractivity contribution in [2.75, 3.05) is 6.61 Å². The van der Waals surface area contributed by atoms with Crippen LogP contribution in [0.1, 0.15) is 23.2 Å². The van der Waals surface area contributed by atoms with Crippen LogP contribution in [0.3, 0.4) is 0 Å². The zero-order chi connectivity index (χ0) is 14.7. The normalized spacial score (nSPS) is 13.2. The Balaban J connectivity index is 1.72. The molecule has 0 radical (unpaired) electrons. The van der Waals surface area contributed by atoms with Gasteiger partial charge in [0.05, 0.1) is 6.54 Å². The first-order valence-electron chi connectivity index (χ1n) is 7.42. The summed E-state index contributed by atoms with van der Waals surface area (Å²) < 4.78 is 7.66. The molecule has 0 spiro atoms. The van der Waals surface area contributed by atoms with Crippen LogP contribution in [-0.2, 0) is 25.9 Å². The summed E-state index contributed by atoms with van der Waals surface area (Å²) in [6.45, 7) is 1.52. The second kappa shape index (κ2) is 6.14. The predicted molar refractivity (Wildman–Crippen MR) is 82.6 cm³/mol. The summed E-state index contributed by atoms with van der Waals surface area (Å²) in [5.41, 5.74) is 9.23. The first-order chi connectivity index (χ1) is 10.3. The second-order valence-electron chi connectivity index (χ2n) is 5.31. The Morgan fingerprint density at radius 1 is 1.14 bits per heavy atom. The fourth-order valence-electron chi connectivity index (χ4n) is 2.94. The summed E-state index contributed by atoms with van der Waals surface area (Å²) in [6, 6.07) is 11.4. The summed E-state index contributed by atoms with van der Waals surface area (Å²) in [6.07, 6.45) is 3.20. The van der Waals surface area contributed by atoms with Crippen LogP contribution < -0.4 is 16.0 Å².